The Morgan fingerprint density at radius 2 is 2.50 bits per heavy atom. The molecule has 0 saturated carbocycles. The Labute approximate surface area is 98.7 Å². The van der Waals surface area contributed by atoms with Crippen molar-refractivity contribution in [2.24, 2.45) is 5.84 Å². The van der Waals surface area contributed by atoms with Crippen molar-refractivity contribution < 1.29 is 9.53 Å². The van der Waals surface area contributed by atoms with Crippen LogP contribution in [0.4, 0.5) is 5.82 Å². The summed E-state index contributed by atoms with van der Waals surface area (Å²) < 4.78 is 4.55. The van der Waals surface area contributed by atoms with Crippen LogP contribution in [0.15, 0.2) is 18.3 Å². The molecule has 0 spiro atoms. The summed E-state index contributed by atoms with van der Waals surface area (Å²) in [6, 6.07) is 3.80. The monoisotopic (exact) mass is 241 g/mol. The quantitative estimate of drug-likeness (QED) is 0.337. The van der Waals surface area contributed by atoms with Gasteiger partial charge in [-0.05, 0) is 17.7 Å². The van der Waals surface area contributed by atoms with Gasteiger partial charge >= 0.3 is 5.97 Å². The number of nitrogens with two attached hydrogens (primary N) is 1. The third kappa shape index (κ3) is 4.50. The number of hydrazine groups is 1. The summed E-state index contributed by atoms with van der Waals surface area (Å²) in [4.78, 5) is 14.9. The zero-order valence-corrected chi connectivity index (χ0v) is 9.92. The second-order valence-corrected chi connectivity index (χ2v) is 4.18. The van der Waals surface area contributed by atoms with Crippen molar-refractivity contribution in [2.75, 3.05) is 18.3 Å². The van der Waals surface area contributed by atoms with Crippen LogP contribution in [-0.4, -0.2) is 23.8 Å². The van der Waals surface area contributed by atoms with E-state index in [0.717, 1.165) is 17.1 Å². The second kappa shape index (κ2) is 7.08. The molecular formula is C10H15N3O2S. The van der Waals surface area contributed by atoms with Gasteiger partial charge in [0.1, 0.15) is 5.82 Å². The Balaban J connectivity index is 2.28. The number of methoxy groups -OCH3 is 1. The number of carbonyl (C=O) groups excluding carboxylic acids is 1. The SMILES string of the molecule is COC(=O)CCSCc1ccnc(NN)c1. The predicted octanol–water partition coefficient (Wildman–Crippen LogP) is 1.16. The molecule has 0 unspecified atom stereocenters. The number of anilines is 1. The van der Waals surface area contributed by atoms with Gasteiger partial charge in [-0.15, -0.1) is 0 Å². The molecule has 16 heavy (non-hydrogen) atoms. The molecule has 0 amide bonds. The van der Waals surface area contributed by atoms with Gasteiger partial charge in [-0.1, -0.05) is 0 Å². The van der Waals surface area contributed by atoms with E-state index in [2.05, 4.69) is 15.1 Å². The smallest absolute Gasteiger partial charge is 0.306 e. The van der Waals surface area contributed by atoms with Crippen LogP contribution in [0.1, 0.15) is 12.0 Å². The third-order valence-electron chi connectivity index (χ3n) is 1.92. The summed E-state index contributed by atoms with van der Waals surface area (Å²) in [5.74, 6) is 7.30. The second-order valence-electron chi connectivity index (χ2n) is 3.07. The number of hydrogen-bond donors (Lipinski definition) is 2. The fraction of sp³-hybridized carbons (Fsp3) is 0.400. The minimum Gasteiger partial charge on any atom is -0.469 e. The maximum Gasteiger partial charge on any atom is 0.306 e. The summed E-state index contributed by atoms with van der Waals surface area (Å²) >= 11 is 1.67. The van der Waals surface area contributed by atoms with E-state index in [1.807, 2.05) is 12.1 Å². The number of pyridine rings is 1. The molecule has 3 N–H and O–H groups in total. The number of nitrogens with zero attached hydrogens (tertiary/aromatic N) is 1. The Hall–Kier alpha value is -1.27. The first-order valence-electron chi connectivity index (χ1n) is 4.82. The van der Waals surface area contributed by atoms with Crippen LogP contribution in [-0.2, 0) is 15.3 Å². The molecule has 1 heterocycles. The van der Waals surface area contributed by atoms with Crippen LogP contribution >= 0.6 is 11.8 Å². The lowest BCUT2D eigenvalue weighted by atomic mass is 10.3. The maximum atomic E-state index is 10.9. The molecule has 0 fully saturated rings. The first kappa shape index (κ1) is 12.8. The Bertz CT molecular complexity index is 347. The van der Waals surface area contributed by atoms with Crippen LogP contribution in [0.3, 0.4) is 0 Å². The highest BCUT2D eigenvalue weighted by Crippen LogP contribution is 2.14. The zero-order valence-electron chi connectivity index (χ0n) is 9.10. The fourth-order valence-electron chi connectivity index (χ4n) is 1.09. The molecule has 5 nitrogen and oxygen atoms in total. The summed E-state index contributed by atoms with van der Waals surface area (Å²) in [6.45, 7) is 0. The molecule has 0 aliphatic rings. The lowest BCUT2D eigenvalue weighted by Crippen LogP contribution is -2.08. The lowest BCUT2D eigenvalue weighted by molar-refractivity contribution is -0.140. The van der Waals surface area contributed by atoms with E-state index in [1.165, 1.54) is 7.11 Å². The molecular weight excluding hydrogens is 226 g/mol. The molecule has 0 aliphatic heterocycles. The first-order valence-corrected chi connectivity index (χ1v) is 5.98. The molecule has 0 bridgehead atoms. The molecule has 0 radical (unpaired) electrons. The van der Waals surface area contributed by atoms with Crippen molar-refractivity contribution in [3.05, 3.63) is 23.9 Å². The van der Waals surface area contributed by atoms with Crippen molar-refractivity contribution in [1.82, 2.24) is 4.98 Å². The van der Waals surface area contributed by atoms with Gasteiger partial charge in [0.25, 0.3) is 0 Å². The molecule has 0 atom stereocenters. The van der Waals surface area contributed by atoms with E-state index in [4.69, 9.17) is 5.84 Å². The summed E-state index contributed by atoms with van der Waals surface area (Å²) in [7, 11) is 1.40. The van der Waals surface area contributed by atoms with E-state index in [0.29, 0.717) is 12.2 Å². The molecule has 0 aliphatic carbocycles. The minimum atomic E-state index is -0.174. The number of rotatable bonds is 6. The molecule has 1 aromatic rings. The number of hydrogen-bond acceptors (Lipinski definition) is 6. The Morgan fingerprint density at radius 3 is 3.19 bits per heavy atom. The molecule has 0 aromatic carbocycles. The van der Waals surface area contributed by atoms with Gasteiger partial charge in [0.2, 0.25) is 0 Å². The van der Waals surface area contributed by atoms with Gasteiger partial charge in [-0.3, -0.25) is 4.79 Å². The zero-order chi connectivity index (χ0) is 11.8. The average Bonchev–Trinajstić information content (AvgIpc) is 2.34. The van der Waals surface area contributed by atoms with Gasteiger partial charge < -0.3 is 10.2 Å². The lowest BCUT2D eigenvalue weighted by Gasteiger charge is -2.03. The van der Waals surface area contributed by atoms with Crippen molar-refractivity contribution in [3.63, 3.8) is 0 Å². The molecule has 1 rings (SSSR count). The van der Waals surface area contributed by atoms with Gasteiger partial charge in [-0.25, -0.2) is 10.8 Å². The maximum absolute atomic E-state index is 10.9. The average molecular weight is 241 g/mol. The van der Waals surface area contributed by atoms with Gasteiger partial charge in [0, 0.05) is 17.7 Å². The molecule has 6 heteroatoms. The Kier molecular flexibility index (Phi) is 5.66. The van der Waals surface area contributed by atoms with Gasteiger partial charge in [0.05, 0.1) is 13.5 Å². The topological polar surface area (TPSA) is 77.2 Å². The number of aromatic nitrogens is 1. The minimum absolute atomic E-state index is 0.174. The summed E-state index contributed by atoms with van der Waals surface area (Å²) in [5, 5.41) is 0. The number of ether oxygens (including phenoxy) is 1. The standard InChI is InChI=1S/C10H15N3O2S/c1-15-10(14)3-5-16-7-8-2-4-12-9(6-8)13-11/h2,4,6H,3,5,7,11H2,1H3,(H,12,13). The van der Waals surface area contributed by atoms with Crippen molar-refractivity contribution >= 4 is 23.5 Å². The summed E-state index contributed by atoms with van der Waals surface area (Å²) in [6.07, 6.45) is 2.14. The van der Waals surface area contributed by atoms with Gasteiger partial charge in [0.15, 0.2) is 0 Å². The largest absolute Gasteiger partial charge is 0.469 e. The highest BCUT2D eigenvalue weighted by molar-refractivity contribution is 7.98. The number of nitrogens with one attached hydrogen (secondary N) is 1. The van der Waals surface area contributed by atoms with Crippen molar-refractivity contribution in [1.29, 1.82) is 0 Å². The predicted molar refractivity (Wildman–Crippen MR) is 64.8 cm³/mol. The van der Waals surface area contributed by atoms with Crippen molar-refractivity contribution in [2.45, 2.75) is 12.2 Å². The van der Waals surface area contributed by atoms with Crippen molar-refractivity contribution in [3.8, 4) is 0 Å². The first-order chi connectivity index (χ1) is 7.76. The number of esters is 1. The van der Waals surface area contributed by atoms with Crippen LogP contribution in [0.5, 0.6) is 0 Å². The summed E-state index contributed by atoms with van der Waals surface area (Å²) in [5.41, 5.74) is 3.61. The highest BCUT2D eigenvalue weighted by atomic mass is 32.2. The number of carbonyl (C=O) groups is 1. The Morgan fingerprint density at radius 1 is 1.69 bits per heavy atom. The molecule has 88 valence electrons. The number of nitrogen functional groups attached to an aromatic ring is 1. The van der Waals surface area contributed by atoms with E-state index < -0.39 is 0 Å². The molecule has 1 aromatic heterocycles. The van der Waals surface area contributed by atoms with Crippen LogP contribution < -0.4 is 11.3 Å². The van der Waals surface area contributed by atoms with E-state index in [9.17, 15) is 4.79 Å². The number of thioether (sulfide) groups is 1. The van der Waals surface area contributed by atoms with E-state index in [1.54, 1.807) is 18.0 Å². The highest BCUT2D eigenvalue weighted by Gasteiger charge is 2.00. The van der Waals surface area contributed by atoms with Crippen LogP contribution in [0.25, 0.3) is 0 Å². The van der Waals surface area contributed by atoms with Crippen LogP contribution in [0.2, 0.25) is 0 Å². The normalized spacial score (nSPS) is 9.88. The third-order valence-corrected chi connectivity index (χ3v) is 2.95. The van der Waals surface area contributed by atoms with E-state index in [-0.39, 0.29) is 5.97 Å². The van der Waals surface area contributed by atoms with E-state index >= 15 is 0 Å². The fourth-order valence-corrected chi connectivity index (χ4v) is 1.96. The van der Waals surface area contributed by atoms with Crippen LogP contribution in [0, 0.1) is 0 Å². The molecule has 0 saturated heterocycles. The van der Waals surface area contributed by atoms with Gasteiger partial charge in [-0.2, -0.15) is 11.8 Å².